The molecule has 2 rings (SSSR count). The molecule has 0 aromatic heterocycles. The van der Waals surface area contributed by atoms with Gasteiger partial charge in [-0.25, -0.2) is 0 Å². The van der Waals surface area contributed by atoms with Gasteiger partial charge in [-0.2, -0.15) is 0 Å². The van der Waals surface area contributed by atoms with Gasteiger partial charge in [0.25, 0.3) is 0 Å². The molecule has 0 unspecified atom stereocenters. The molecule has 1 aromatic carbocycles. The SMILES string of the molecule is Cc1cc(NC(=O)CNC(=O)[C@H]2NCCO[C@@H]2C)ccc1Br.Cl. The van der Waals surface area contributed by atoms with E-state index in [9.17, 15) is 9.59 Å². The van der Waals surface area contributed by atoms with Crippen molar-refractivity contribution in [2.45, 2.75) is 26.0 Å². The van der Waals surface area contributed by atoms with Crippen LogP contribution >= 0.6 is 28.3 Å². The van der Waals surface area contributed by atoms with E-state index in [4.69, 9.17) is 4.74 Å². The summed E-state index contributed by atoms with van der Waals surface area (Å²) in [4.78, 5) is 23.9. The van der Waals surface area contributed by atoms with Crippen LogP contribution in [0.4, 0.5) is 5.69 Å². The van der Waals surface area contributed by atoms with Crippen LogP contribution in [0.5, 0.6) is 0 Å². The highest BCUT2D eigenvalue weighted by molar-refractivity contribution is 9.10. The van der Waals surface area contributed by atoms with Crippen molar-refractivity contribution >= 4 is 45.8 Å². The van der Waals surface area contributed by atoms with E-state index < -0.39 is 6.04 Å². The van der Waals surface area contributed by atoms with E-state index in [2.05, 4.69) is 31.9 Å². The first-order valence-corrected chi connectivity index (χ1v) is 7.95. The van der Waals surface area contributed by atoms with Crippen LogP contribution in [0.2, 0.25) is 0 Å². The fourth-order valence-electron chi connectivity index (χ4n) is 2.23. The van der Waals surface area contributed by atoms with Crippen molar-refractivity contribution in [1.29, 1.82) is 0 Å². The lowest BCUT2D eigenvalue weighted by Crippen LogP contribution is -2.56. The van der Waals surface area contributed by atoms with Crippen molar-refractivity contribution in [2.24, 2.45) is 0 Å². The number of carbonyl (C=O) groups is 2. The summed E-state index contributed by atoms with van der Waals surface area (Å²) in [6.07, 6.45) is -0.203. The standard InChI is InChI=1S/C15H20BrN3O3.ClH/c1-9-7-11(3-4-12(9)16)19-13(20)8-18-15(21)14-10(2)22-6-5-17-14;/h3-4,7,10,14,17H,5-6,8H2,1-2H3,(H,18,21)(H,19,20);1H/t10-,14+;/m1./s1. The zero-order chi connectivity index (χ0) is 16.1. The van der Waals surface area contributed by atoms with Crippen LogP contribution in [0.15, 0.2) is 22.7 Å². The smallest absolute Gasteiger partial charge is 0.243 e. The first-order valence-electron chi connectivity index (χ1n) is 7.16. The minimum absolute atomic E-state index is 0. The van der Waals surface area contributed by atoms with Gasteiger partial charge >= 0.3 is 0 Å². The lowest BCUT2D eigenvalue weighted by Gasteiger charge is -2.29. The second-order valence-corrected chi connectivity index (χ2v) is 6.09. The Balaban J connectivity index is 0.00000264. The molecule has 1 aromatic rings. The lowest BCUT2D eigenvalue weighted by atomic mass is 10.1. The van der Waals surface area contributed by atoms with Crippen molar-refractivity contribution < 1.29 is 14.3 Å². The zero-order valence-electron chi connectivity index (χ0n) is 13.0. The summed E-state index contributed by atoms with van der Waals surface area (Å²) in [5.74, 6) is -0.492. The molecule has 8 heteroatoms. The number of morpholine rings is 1. The molecule has 1 saturated heterocycles. The summed E-state index contributed by atoms with van der Waals surface area (Å²) in [5, 5.41) is 8.46. The number of amides is 2. The normalized spacial score (nSPS) is 20.3. The second-order valence-electron chi connectivity index (χ2n) is 5.24. The maximum absolute atomic E-state index is 12.0. The number of hydrogen-bond donors (Lipinski definition) is 3. The molecule has 23 heavy (non-hydrogen) atoms. The Bertz CT molecular complexity index is 571. The van der Waals surface area contributed by atoms with Crippen LogP contribution in [0, 0.1) is 6.92 Å². The van der Waals surface area contributed by atoms with Crippen LogP contribution in [0.3, 0.4) is 0 Å². The summed E-state index contributed by atoms with van der Waals surface area (Å²) < 4.78 is 6.39. The number of anilines is 1. The Morgan fingerprint density at radius 1 is 1.43 bits per heavy atom. The Kier molecular flexibility index (Phi) is 7.98. The van der Waals surface area contributed by atoms with Gasteiger partial charge in [0.2, 0.25) is 11.8 Å². The summed E-state index contributed by atoms with van der Waals surface area (Å²) in [6, 6.07) is 5.11. The molecule has 3 N–H and O–H groups in total. The summed E-state index contributed by atoms with van der Waals surface area (Å²) in [6.45, 7) is 4.93. The maximum Gasteiger partial charge on any atom is 0.243 e. The first-order chi connectivity index (χ1) is 10.5. The Hall–Kier alpha value is -1.15. The van der Waals surface area contributed by atoms with Crippen molar-refractivity contribution in [3.05, 3.63) is 28.2 Å². The van der Waals surface area contributed by atoms with Crippen LogP contribution in [-0.4, -0.2) is 43.7 Å². The minimum atomic E-state index is -0.420. The van der Waals surface area contributed by atoms with E-state index in [1.54, 1.807) is 6.07 Å². The minimum Gasteiger partial charge on any atom is -0.375 e. The summed E-state index contributed by atoms with van der Waals surface area (Å²) >= 11 is 3.41. The van der Waals surface area contributed by atoms with E-state index >= 15 is 0 Å². The zero-order valence-corrected chi connectivity index (χ0v) is 15.4. The quantitative estimate of drug-likeness (QED) is 0.710. The molecule has 0 aliphatic carbocycles. The predicted octanol–water partition coefficient (Wildman–Crippen LogP) is 1.61. The number of halogens is 2. The first kappa shape index (κ1) is 19.9. The predicted molar refractivity (Wildman–Crippen MR) is 95.0 cm³/mol. The van der Waals surface area contributed by atoms with Gasteiger partial charge in [-0.15, -0.1) is 12.4 Å². The second kappa shape index (κ2) is 9.22. The molecule has 1 aliphatic heterocycles. The molecule has 0 bridgehead atoms. The number of carbonyl (C=O) groups excluding carboxylic acids is 2. The molecule has 6 nitrogen and oxygen atoms in total. The summed E-state index contributed by atoms with van der Waals surface area (Å²) in [5.41, 5.74) is 1.73. The van der Waals surface area contributed by atoms with Gasteiger partial charge in [-0.3, -0.25) is 9.59 Å². The van der Waals surface area contributed by atoms with Crippen LogP contribution in [-0.2, 0) is 14.3 Å². The molecule has 2 amide bonds. The molecule has 0 spiro atoms. The molecule has 0 saturated carbocycles. The number of rotatable bonds is 4. The summed E-state index contributed by atoms with van der Waals surface area (Å²) in [7, 11) is 0. The number of aryl methyl sites for hydroxylation is 1. The number of nitrogens with one attached hydrogen (secondary N) is 3. The number of ether oxygens (including phenoxy) is 1. The van der Waals surface area contributed by atoms with Crippen molar-refractivity contribution in [3.63, 3.8) is 0 Å². The third-order valence-corrected chi connectivity index (χ3v) is 4.35. The number of hydrogen-bond acceptors (Lipinski definition) is 4. The highest BCUT2D eigenvalue weighted by Crippen LogP contribution is 2.19. The van der Waals surface area contributed by atoms with E-state index in [0.29, 0.717) is 18.8 Å². The third kappa shape index (κ3) is 5.76. The van der Waals surface area contributed by atoms with E-state index in [0.717, 1.165) is 10.0 Å². The Morgan fingerprint density at radius 2 is 2.17 bits per heavy atom. The van der Waals surface area contributed by atoms with Gasteiger partial charge in [0.15, 0.2) is 0 Å². The van der Waals surface area contributed by atoms with Crippen LogP contribution in [0.1, 0.15) is 12.5 Å². The molecule has 0 radical (unpaired) electrons. The molecule has 128 valence electrons. The molecule has 2 atom stereocenters. The van der Waals surface area contributed by atoms with Crippen LogP contribution < -0.4 is 16.0 Å². The van der Waals surface area contributed by atoms with Crippen molar-refractivity contribution in [3.8, 4) is 0 Å². The van der Waals surface area contributed by atoms with Gasteiger partial charge < -0.3 is 20.7 Å². The van der Waals surface area contributed by atoms with E-state index in [1.807, 2.05) is 26.0 Å². The maximum atomic E-state index is 12.0. The fourth-order valence-corrected chi connectivity index (χ4v) is 2.48. The Labute approximate surface area is 150 Å². The van der Waals surface area contributed by atoms with E-state index in [1.165, 1.54) is 0 Å². The Morgan fingerprint density at radius 3 is 2.83 bits per heavy atom. The van der Waals surface area contributed by atoms with Crippen LogP contribution in [0.25, 0.3) is 0 Å². The van der Waals surface area contributed by atoms with Gasteiger partial charge in [0.1, 0.15) is 6.04 Å². The van der Waals surface area contributed by atoms with Gasteiger partial charge in [0, 0.05) is 16.7 Å². The van der Waals surface area contributed by atoms with E-state index in [-0.39, 0.29) is 36.9 Å². The van der Waals surface area contributed by atoms with Crippen molar-refractivity contribution in [2.75, 3.05) is 25.0 Å². The largest absolute Gasteiger partial charge is 0.375 e. The fraction of sp³-hybridized carbons (Fsp3) is 0.467. The monoisotopic (exact) mass is 405 g/mol. The third-order valence-electron chi connectivity index (χ3n) is 3.46. The van der Waals surface area contributed by atoms with Crippen molar-refractivity contribution in [1.82, 2.24) is 10.6 Å². The molecule has 1 aliphatic rings. The van der Waals surface area contributed by atoms with Gasteiger partial charge in [0.05, 0.1) is 19.3 Å². The average molecular weight is 407 g/mol. The highest BCUT2D eigenvalue weighted by Gasteiger charge is 2.28. The molecule has 1 fully saturated rings. The molecular formula is C15H21BrClN3O3. The highest BCUT2D eigenvalue weighted by atomic mass is 79.9. The van der Waals surface area contributed by atoms with Gasteiger partial charge in [-0.1, -0.05) is 15.9 Å². The number of benzene rings is 1. The molecule has 1 heterocycles. The lowest BCUT2D eigenvalue weighted by molar-refractivity contribution is -0.130. The molecular weight excluding hydrogens is 386 g/mol. The average Bonchev–Trinajstić information content (AvgIpc) is 2.49. The topological polar surface area (TPSA) is 79.5 Å². The van der Waals surface area contributed by atoms with Gasteiger partial charge in [-0.05, 0) is 37.6 Å².